The fourth-order valence-corrected chi connectivity index (χ4v) is 6.32. The molecule has 0 radical (unpaired) electrons. The first kappa shape index (κ1) is 25.1. The fraction of sp³-hybridized carbons (Fsp3) is 0.0526. The summed E-state index contributed by atoms with van der Waals surface area (Å²) in [5.74, 6) is -0.550. The predicted molar refractivity (Wildman–Crippen MR) is 128 cm³/mol. The number of hydrogen-bond acceptors (Lipinski definition) is 4. The Balaban J connectivity index is 1.92. The first-order valence-corrected chi connectivity index (χ1v) is 13.4. The van der Waals surface area contributed by atoms with Crippen molar-refractivity contribution in [1.82, 2.24) is 0 Å². The van der Waals surface area contributed by atoms with Crippen LogP contribution in [-0.2, 0) is 20.0 Å². The lowest BCUT2D eigenvalue weighted by atomic mass is 10.2. The molecule has 0 atom stereocenters. The van der Waals surface area contributed by atoms with Crippen LogP contribution >= 0.6 is 50.7 Å². The van der Waals surface area contributed by atoms with Crippen LogP contribution in [0.1, 0.15) is 5.56 Å². The highest BCUT2D eigenvalue weighted by molar-refractivity contribution is 9.10. The van der Waals surface area contributed by atoms with Crippen molar-refractivity contribution in [2.24, 2.45) is 0 Å². The monoisotopic (exact) mass is 600 g/mol. The summed E-state index contributed by atoms with van der Waals surface area (Å²) in [6, 6.07) is 9.73. The van der Waals surface area contributed by atoms with E-state index in [1.54, 1.807) is 0 Å². The van der Waals surface area contributed by atoms with Crippen LogP contribution in [0.4, 0.5) is 15.8 Å². The molecule has 0 aromatic heterocycles. The zero-order chi connectivity index (χ0) is 23.8. The van der Waals surface area contributed by atoms with E-state index in [-0.39, 0.29) is 40.7 Å². The van der Waals surface area contributed by atoms with Gasteiger partial charge < -0.3 is 0 Å². The molecule has 0 bridgehead atoms. The van der Waals surface area contributed by atoms with Crippen LogP contribution in [0.15, 0.2) is 62.8 Å². The Morgan fingerprint density at radius 1 is 0.844 bits per heavy atom. The quantitative estimate of drug-likeness (QED) is 0.339. The second kappa shape index (κ2) is 9.36. The first-order valence-electron chi connectivity index (χ1n) is 8.55. The van der Waals surface area contributed by atoms with Gasteiger partial charge in [-0.05, 0) is 76.9 Å². The smallest absolute Gasteiger partial charge is 0.263 e. The number of anilines is 2. The molecular formula is C19H13BrCl3FN2O4S2. The number of halogens is 5. The molecule has 0 saturated heterocycles. The molecule has 0 aliphatic carbocycles. The van der Waals surface area contributed by atoms with E-state index in [1.807, 2.05) is 0 Å². The van der Waals surface area contributed by atoms with Crippen LogP contribution in [0, 0.1) is 12.7 Å². The van der Waals surface area contributed by atoms with E-state index in [0.717, 1.165) is 24.3 Å². The molecule has 3 aromatic rings. The maximum atomic E-state index is 13.6. The number of benzene rings is 3. The molecule has 0 unspecified atom stereocenters. The minimum atomic E-state index is -4.20. The molecule has 0 saturated carbocycles. The maximum absolute atomic E-state index is 13.6. The van der Waals surface area contributed by atoms with E-state index in [0.29, 0.717) is 5.56 Å². The molecule has 0 fully saturated rings. The van der Waals surface area contributed by atoms with Gasteiger partial charge in [0.05, 0.1) is 25.8 Å². The Morgan fingerprint density at radius 3 is 2.06 bits per heavy atom. The van der Waals surface area contributed by atoms with Crippen LogP contribution in [0.25, 0.3) is 0 Å². The van der Waals surface area contributed by atoms with Crippen molar-refractivity contribution in [3.63, 3.8) is 0 Å². The minimum absolute atomic E-state index is 0.0699. The third-order valence-electron chi connectivity index (χ3n) is 4.13. The Hall–Kier alpha value is -1.56. The Morgan fingerprint density at radius 2 is 1.47 bits per heavy atom. The van der Waals surface area contributed by atoms with E-state index in [2.05, 4.69) is 25.4 Å². The van der Waals surface area contributed by atoms with E-state index in [4.69, 9.17) is 34.8 Å². The molecule has 0 spiro atoms. The molecule has 0 heterocycles. The maximum Gasteiger partial charge on any atom is 0.263 e. The first-order chi connectivity index (χ1) is 14.8. The summed E-state index contributed by atoms with van der Waals surface area (Å²) < 4.78 is 69.3. The summed E-state index contributed by atoms with van der Waals surface area (Å²) in [5, 5.41) is 0.121. The summed E-state index contributed by atoms with van der Waals surface area (Å²) in [6.07, 6.45) is 0. The zero-order valence-corrected chi connectivity index (χ0v) is 21.4. The lowest BCUT2D eigenvalue weighted by Crippen LogP contribution is -2.16. The number of hydrogen-bond donors (Lipinski definition) is 2. The highest BCUT2D eigenvalue weighted by atomic mass is 79.9. The van der Waals surface area contributed by atoms with E-state index < -0.39 is 25.9 Å². The summed E-state index contributed by atoms with van der Waals surface area (Å²) >= 11 is 20.9. The Bertz CT molecular complexity index is 1410. The van der Waals surface area contributed by atoms with E-state index in [9.17, 15) is 21.2 Å². The summed E-state index contributed by atoms with van der Waals surface area (Å²) in [4.78, 5) is -0.637. The van der Waals surface area contributed by atoms with Crippen molar-refractivity contribution >= 4 is 82.2 Å². The molecule has 6 nitrogen and oxygen atoms in total. The second-order valence-corrected chi connectivity index (χ2v) is 12.0. The highest BCUT2D eigenvalue weighted by Crippen LogP contribution is 2.31. The SMILES string of the molecule is Cc1cc(F)c(Br)cc1NS(=O)(=O)c1ccc(S(=O)(=O)Nc2cc(Cl)cc(Cl)c2)cc1Cl. The fourth-order valence-electron chi connectivity index (χ4n) is 2.65. The number of rotatable bonds is 6. The predicted octanol–water partition coefficient (Wildman–Crippen LogP) is 6.46. The molecule has 0 aliphatic heterocycles. The number of sulfonamides is 2. The molecule has 3 aromatic carbocycles. The molecule has 3 rings (SSSR count). The molecule has 170 valence electrons. The van der Waals surface area contributed by atoms with Crippen molar-refractivity contribution in [2.45, 2.75) is 16.7 Å². The van der Waals surface area contributed by atoms with Gasteiger partial charge in [-0.1, -0.05) is 34.8 Å². The average Bonchev–Trinajstić information content (AvgIpc) is 2.64. The molecular weight excluding hydrogens is 590 g/mol. The van der Waals surface area contributed by atoms with Gasteiger partial charge in [-0.15, -0.1) is 0 Å². The minimum Gasteiger partial charge on any atom is -0.280 e. The topological polar surface area (TPSA) is 92.3 Å². The molecule has 32 heavy (non-hydrogen) atoms. The van der Waals surface area contributed by atoms with E-state index in [1.165, 1.54) is 31.2 Å². The molecule has 0 aliphatic rings. The largest absolute Gasteiger partial charge is 0.280 e. The zero-order valence-electron chi connectivity index (χ0n) is 16.0. The lowest BCUT2D eigenvalue weighted by Gasteiger charge is -2.14. The van der Waals surface area contributed by atoms with Gasteiger partial charge in [0.25, 0.3) is 20.0 Å². The van der Waals surface area contributed by atoms with Gasteiger partial charge in [0, 0.05) is 10.0 Å². The standard InChI is InChI=1S/C19H13BrCl3FN2O4S2/c1-10-4-17(24)15(20)9-18(10)26-32(29,30)19-3-2-14(8-16(19)23)31(27,28)25-13-6-11(21)5-12(22)7-13/h2-9,25-26H,1H3. The van der Waals surface area contributed by atoms with Crippen molar-refractivity contribution in [2.75, 3.05) is 9.44 Å². The van der Waals surface area contributed by atoms with Gasteiger partial charge in [-0.3, -0.25) is 9.44 Å². The van der Waals surface area contributed by atoms with Gasteiger partial charge in [0.1, 0.15) is 10.7 Å². The average molecular weight is 603 g/mol. The van der Waals surface area contributed by atoms with Crippen LogP contribution < -0.4 is 9.44 Å². The normalized spacial score (nSPS) is 11.9. The second-order valence-electron chi connectivity index (χ2n) is 6.54. The summed E-state index contributed by atoms with van der Waals surface area (Å²) in [6.45, 7) is 1.53. The highest BCUT2D eigenvalue weighted by Gasteiger charge is 2.23. The third-order valence-corrected chi connectivity index (χ3v) is 8.40. The Kier molecular flexibility index (Phi) is 7.33. The van der Waals surface area contributed by atoms with Crippen molar-refractivity contribution in [3.05, 3.63) is 79.5 Å². The van der Waals surface area contributed by atoms with Gasteiger partial charge in [0.2, 0.25) is 0 Å². The lowest BCUT2D eigenvalue weighted by molar-refractivity contribution is 0.597. The Labute approximate surface area is 207 Å². The van der Waals surface area contributed by atoms with Crippen LogP contribution in [0.2, 0.25) is 15.1 Å². The van der Waals surface area contributed by atoms with E-state index >= 15 is 0 Å². The van der Waals surface area contributed by atoms with Crippen LogP contribution in [-0.4, -0.2) is 16.8 Å². The summed E-state index contributed by atoms with van der Waals surface area (Å²) in [7, 11) is -8.33. The van der Waals surface area contributed by atoms with Crippen molar-refractivity contribution in [3.8, 4) is 0 Å². The van der Waals surface area contributed by atoms with Gasteiger partial charge in [0.15, 0.2) is 0 Å². The van der Waals surface area contributed by atoms with Crippen LogP contribution in [0.3, 0.4) is 0 Å². The van der Waals surface area contributed by atoms with Gasteiger partial charge in [-0.25, -0.2) is 21.2 Å². The third kappa shape index (κ3) is 5.67. The van der Waals surface area contributed by atoms with Crippen LogP contribution in [0.5, 0.6) is 0 Å². The molecule has 2 N–H and O–H groups in total. The summed E-state index contributed by atoms with van der Waals surface area (Å²) in [5.41, 5.74) is 0.592. The molecule has 0 amide bonds. The van der Waals surface area contributed by atoms with Crippen molar-refractivity contribution in [1.29, 1.82) is 0 Å². The number of nitrogens with one attached hydrogen (secondary N) is 2. The van der Waals surface area contributed by atoms with Gasteiger partial charge >= 0.3 is 0 Å². The molecule has 13 heteroatoms. The van der Waals surface area contributed by atoms with Gasteiger partial charge in [-0.2, -0.15) is 0 Å². The van der Waals surface area contributed by atoms with Crippen molar-refractivity contribution < 1.29 is 21.2 Å². The number of aryl methyl sites for hydroxylation is 1.